The first-order valence-electron chi connectivity index (χ1n) is 10.1. The summed E-state index contributed by atoms with van der Waals surface area (Å²) in [6, 6.07) is 0. The summed E-state index contributed by atoms with van der Waals surface area (Å²) in [5, 5.41) is 8.93. The van der Waals surface area contributed by atoms with Crippen molar-refractivity contribution in [3.63, 3.8) is 0 Å². The van der Waals surface area contributed by atoms with Crippen LogP contribution in [0.4, 0.5) is 0 Å². The van der Waals surface area contributed by atoms with E-state index in [0.29, 0.717) is 29.6 Å². The number of hydrogen-bond donors (Lipinski definition) is 1. The Labute approximate surface area is 147 Å². The van der Waals surface area contributed by atoms with Crippen LogP contribution >= 0.6 is 0 Å². The van der Waals surface area contributed by atoms with Crippen molar-refractivity contribution < 1.29 is 14.7 Å². The van der Waals surface area contributed by atoms with Gasteiger partial charge >= 0.3 is 0 Å². The molecule has 2 atom stereocenters. The molecule has 0 unspecified atom stereocenters. The Morgan fingerprint density at radius 3 is 2.42 bits per heavy atom. The zero-order valence-corrected chi connectivity index (χ0v) is 15.5. The molecule has 0 amide bonds. The summed E-state index contributed by atoms with van der Waals surface area (Å²) in [4.78, 5) is 22.6. The van der Waals surface area contributed by atoms with Crippen molar-refractivity contribution in [3.8, 4) is 0 Å². The van der Waals surface area contributed by atoms with Gasteiger partial charge in [0.05, 0.1) is 6.61 Å². The molecule has 1 aliphatic rings. The van der Waals surface area contributed by atoms with E-state index in [1.54, 1.807) is 5.94 Å². The van der Waals surface area contributed by atoms with Crippen LogP contribution in [0.1, 0.15) is 96.8 Å². The summed E-state index contributed by atoms with van der Waals surface area (Å²) >= 11 is 0. The fraction of sp³-hybridized carbons (Fsp3) is 0.857. The predicted molar refractivity (Wildman–Crippen MR) is 98.6 cm³/mol. The molecule has 3 nitrogen and oxygen atoms in total. The van der Waals surface area contributed by atoms with Gasteiger partial charge in [-0.3, -0.25) is 4.79 Å². The fourth-order valence-electron chi connectivity index (χ4n) is 3.95. The summed E-state index contributed by atoms with van der Waals surface area (Å²) in [7, 11) is 0. The Bertz CT molecular complexity index is 396. The number of aliphatic hydroxyl groups is 1. The number of ketones is 1. The van der Waals surface area contributed by atoms with E-state index in [-0.39, 0.29) is 6.61 Å². The van der Waals surface area contributed by atoms with Gasteiger partial charge in [0.2, 0.25) is 0 Å². The highest BCUT2D eigenvalue weighted by atomic mass is 16.3. The molecule has 0 aromatic carbocycles. The molecular formula is C21H36O3. The maximum absolute atomic E-state index is 12.1. The topological polar surface area (TPSA) is 54.4 Å². The zero-order valence-electron chi connectivity index (χ0n) is 15.5. The number of Topliss-reactive ketones (excluding diaryl/α,β-unsaturated/α-hetero) is 1. The second-order valence-corrected chi connectivity index (χ2v) is 7.39. The molecule has 3 heteroatoms. The Kier molecular flexibility index (Phi) is 11.8. The third-order valence-electron chi connectivity index (χ3n) is 5.50. The maximum Gasteiger partial charge on any atom is 0.136 e. The van der Waals surface area contributed by atoms with Crippen LogP contribution in [0.15, 0.2) is 5.57 Å². The van der Waals surface area contributed by atoms with E-state index >= 15 is 0 Å². The van der Waals surface area contributed by atoms with Crippen molar-refractivity contribution in [1.82, 2.24) is 0 Å². The lowest BCUT2D eigenvalue weighted by atomic mass is 9.86. The summed E-state index contributed by atoms with van der Waals surface area (Å²) in [5.74, 6) is 3.19. The number of rotatable bonds is 14. The lowest BCUT2D eigenvalue weighted by molar-refractivity contribution is -0.121. The molecule has 1 saturated carbocycles. The molecule has 1 fully saturated rings. The van der Waals surface area contributed by atoms with Gasteiger partial charge < -0.3 is 5.11 Å². The lowest BCUT2D eigenvalue weighted by Gasteiger charge is -2.18. The number of carbonyl (C=O) groups excluding carboxylic acids is 2. The average molecular weight is 337 g/mol. The highest BCUT2D eigenvalue weighted by Gasteiger charge is 2.33. The van der Waals surface area contributed by atoms with Crippen molar-refractivity contribution in [2.45, 2.75) is 96.8 Å². The minimum atomic E-state index is -0.176. The van der Waals surface area contributed by atoms with E-state index in [1.807, 2.05) is 0 Å². The predicted octanol–water partition coefficient (Wildman–Crippen LogP) is 5.03. The van der Waals surface area contributed by atoms with Crippen LogP contribution < -0.4 is 0 Å². The smallest absolute Gasteiger partial charge is 0.136 e. The fourth-order valence-corrected chi connectivity index (χ4v) is 3.95. The summed E-state index contributed by atoms with van der Waals surface area (Å²) in [5.41, 5.74) is 0.466. The SMILES string of the molecule is CCCCCCCC[C@H]1CCC(=O)[C@@H]1CCCCCC(=C=O)CO. The second kappa shape index (κ2) is 13.4. The van der Waals surface area contributed by atoms with E-state index in [0.717, 1.165) is 38.5 Å². The molecule has 0 radical (unpaired) electrons. The minimum Gasteiger partial charge on any atom is -0.391 e. The third kappa shape index (κ3) is 8.26. The summed E-state index contributed by atoms with van der Waals surface area (Å²) < 4.78 is 0. The molecule has 1 aliphatic carbocycles. The molecule has 0 bridgehead atoms. The zero-order chi connectivity index (χ0) is 17.6. The van der Waals surface area contributed by atoms with Gasteiger partial charge in [0.25, 0.3) is 0 Å². The molecular weight excluding hydrogens is 300 g/mol. The summed E-state index contributed by atoms with van der Waals surface area (Å²) in [6.07, 6.45) is 15.7. The van der Waals surface area contributed by atoms with Crippen molar-refractivity contribution in [2.24, 2.45) is 11.8 Å². The van der Waals surface area contributed by atoms with Gasteiger partial charge in [-0.25, -0.2) is 4.79 Å². The average Bonchev–Trinajstić information content (AvgIpc) is 2.94. The van der Waals surface area contributed by atoms with Crippen LogP contribution in [0.25, 0.3) is 0 Å². The van der Waals surface area contributed by atoms with Crippen LogP contribution in [0.2, 0.25) is 0 Å². The Morgan fingerprint density at radius 1 is 1.04 bits per heavy atom. The van der Waals surface area contributed by atoms with Crippen LogP contribution in [-0.4, -0.2) is 23.4 Å². The van der Waals surface area contributed by atoms with Gasteiger partial charge in [-0.15, -0.1) is 0 Å². The molecule has 0 aliphatic heterocycles. The van der Waals surface area contributed by atoms with Gasteiger partial charge in [0.15, 0.2) is 0 Å². The summed E-state index contributed by atoms with van der Waals surface area (Å²) in [6.45, 7) is 2.07. The second-order valence-electron chi connectivity index (χ2n) is 7.39. The molecule has 0 saturated heterocycles. The van der Waals surface area contributed by atoms with Crippen LogP contribution in [-0.2, 0) is 9.59 Å². The van der Waals surface area contributed by atoms with Gasteiger partial charge in [-0.05, 0) is 38.0 Å². The van der Waals surface area contributed by atoms with Crippen molar-refractivity contribution in [2.75, 3.05) is 6.61 Å². The van der Waals surface area contributed by atoms with Crippen LogP contribution in [0.3, 0.4) is 0 Å². The molecule has 1 rings (SSSR count). The van der Waals surface area contributed by atoms with Gasteiger partial charge in [-0.2, -0.15) is 0 Å². The number of hydrogen-bond acceptors (Lipinski definition) is 3. The first kappa shape index (κ1) is 21.1. The monoisotopic (exact) mass is 336 g/mol. The molecule has 0 aromatic rings. The Hall–Kier alpha value is -0.920. The highest BCUT2D eigenvalue weighted by Crippen LogP contribution is 2.36. The lowest BCUT2D eigenvalue weighted by Crippen LogP contribution is -2.15. The largest absolute Gasteiger partial charge is 0.391 e. The first-order chi connectivity index (χ1) is 11.7. The molecule has 1 N–H and O–H groups in total. The molecule has 138 valence electrons. The first-order valence-corrected chi connectivity index (χ1v) is 10.1. The van der Waals surface area contributed by atoms with Gasteiger partial charge in [0.1, 0.15) is 11.7 Å². The normalized spacial score (nSPS) is 20.3. The van der Waals surface area contributed by atoms with Gasteiger partial charge in [-0.1, -0.05) is 58.3 Å². The standard InChI is InChI=1S/C21H36O3/c1-2-3-4-5-6-9-12-19-14-15-21(24)20(19)13-10-7-8-11-18(16-22)17-23/h19-20,22H,2-16H2,1H3/t19-,20+/m0/s1. The van der Waals surface area contributed by atoms with Gasteiger partial charge in [0, 0.05) is 17.9 Å². The van der Waals surface area contributed by atoms with Crippen LogP contribution in [0, 0.1) is 11.8 Å². The van der Waals surface area contributed by atoms with E-state index in [1.165, 1.54) is 44.9 Å². The quantitative estimate of drug-likeness (QED) is 0.357. The van der Waals surface area contributed by atoms with Crippen molar-refractivity contribution in [1.29, 1.82) is 0 Å². The van der Waals surface area contributed by atoms with E-state index in [2.05, 4.69) is 6.92 Å². The maximum atomic E-state index is 12.1. The van der Waals surface area contributed by atoms with E-state index < -0.39 is 0 Å². The third-order valence-corrected chi connectivity index (χ3v) is 5.50. The number of carbonyl (C=O) groups is 1. The minimum absolute atomic E-state index is 0.176. The molecule has 0 spiro atoms. The molecule has 0 heterocycles. The molecule has 0 aromatic heterocycles. The van der Waals surface area contributed by atoms with Crippen molar-refractivity contribution >= 4 is 11.7 Å². The van der Waals surface area contributed by atoms with Crippen LogP contribution in [0.5, 0.6) is 0 Å². The highest BCUT2D eigenvalue weighted by molar-refractivity contribution is 5.83. The molecule has 24 heavy (non-hydrogen) atoms. The Balaban J connectivity index is 2.16. The van der Waals surface area contributed by atoms with E-state index in [9.17, 15) is 9.59 Å². The Morgan fingerprint density at radius 2 is 1.71 bits per heavy atom. The van der Waals surface area contributed by atoms with E-state index in [4.69, 9.17) is 5.11 Å². The van der Waals surface area contributed by atoms with Crippen molar-refractivity contribution in [3.05, 3.63) is 5.57 Å². The number of aliphatic hydroxyl groups excluding tert-OH is 1. The number of unbranched alkanes of at least 4 members (excludes halogenated alkanes) is 7.